The van der Waals surface area contributed by atoms with Crippen molar-refractivity contribution in [1.29, 1.82) is 0 Å². The molecule has 276 valence electrons. The Morgan fingerprint density at radius 3 is 1.51 bits per heavy atom. The normalized spacial score (nSPS) is 22.3. The highest BCUT2D eigenvalue weighted by Crippen LogP contribution is 2.43. The van der Waals surface area contributed by atoms with Gasteiger partial charge in [0.15, 0.2) is 0 Å². The lowest BCUT2D eigenvalue weighted by atomic mass is 9.71. The third-order valence-electron chi connectivity index (χ3n) is 9.30. The third kappa shape index (κ3) is 15.5. The number of rotatable bonds is 16. The van der Waals surface area contributed by atoms with Crippen molar-refractivity contribution in [2.24, 2.45) is 10.8 Å². The second-order valence-electron chi connectivity index (χ2n) is 15.2. The maximum Gasteiger partial charge on any atom is 0.306 e. The van der Waals surface area contributed by atoms with Crippen LogP contribution in [-0.2, 0) is 23.9 Å². The molecule has 0 bridgehead atoms. The van der Waals surface area contributed by atoms with Crippen LogP contribution in [0.25, 0.3) is 0 Å². The summed E-state index contributed by atoms with van der Waals surface area (Å²) in [5.41, 5.74) is 9.38. The highest BCUT2D eigenvalue weighted by molar-refractivity contribution is 5.76. The maximum absolute atomic E-state index is 12.1. The number of carboxylic acid groups (broad SMARTS) is 1. The van der Waals surface area contributed by atoms with Gasteiger partial charge in [-0.2, -0.15) is 0 Å². The molecule has 0 fully saturated rings. The molecule has 2 unspecified atom stereocenters. The molecule has 0 aliphatic heterocycles. The van der Waals surface area contributed by atoms with Gasteiger partial charge in [-0.05, 0) is 76.4 Å². The van der Waals surface area contributed by atoms with Gasteiger partial charge in [-0.15, -0.1) is 0 Å². The van der Waals surface area contributed by atoms with Crippen LogP contribution in [0.2, 0.25) is 0 Å². The van der Waals surface area contributed by atoms with Crippen LogP contribution in [-0.4, -0.2) is 35.7 Å². The SMILES string of the molecule is CC1=C(/C=C/C(C)=C/C=C/C(C)=C/C=C/C=C(C)/C=C/C=C(C)/C=C/C2=C(C)CC(OC(=O)CCC(=O)O)CC2(C)C)C(C)(C)CC(OC=O)C1. The summed E-state index contributed by atoms with van der Waals surface area (Å²) < 4.78 is 10.9. The van der Waals surface area contributed by atoms with Crippen molar-refractivity contribution in [2.75, 3.05) is 0 Å². The first kappa shape index (κ1) is 42.7. The molecule has 0 amide bonds. The van der Waals surface area contributed by atoms with Gasteiger partial charge in [0.1, 0.15) is 12.2 Å². The van der Waals surface area contributed by atoms with E-state index in [1.165, 1.54) is 22.3 Å². The Morgan fingerprint density at radius 1 is 0.667 bits per heavy atom. The zero-order valence-corrected chi connectivity index (χ0v) is 32.5. The monoisotopic (exact) mass is 696 g/mol. The van der Waals surface area contributed by atoms with Crippen molar-refractivity contribution in [3.8, 4) is 0 Å². The van der Waals surface area contributed by atoms with E-state index in [4.69, 9.17) is 14.6 Å². The number of esters is 1. The lowest BCUT2D eigenvalue weighted by Gasteiger charge is -2.37. The van der Waals surface area contributed by atoms with Crippen molar-refractivity contribution in [3.63, 3.8) is 0 Å². The van der Waals surface area contributed by atoms with E-state index in [-0.39, 0.29) is 35.9 Å². The molecule has 0 saturated carbocycles. The summed E-state index contributed by atoms with van der Waals surface area (Å²) in [5.74, 6) is -1.44. The van der Waals surface area contributed by atoms with Crippen molar-refractivity contribution in [1.82, 2.24) is 0 Å². The summed E-state index contributed by atoms with van der Waals surface area (Å²) in [6.07, 6.45) is 31.8. The zero-order chi connectivity index (χ0) is 38.2. The van der Waals surface area contributed by atoms with E-state index in [0.29, 0.717) is 19.3 Å². The Kier molecular flexibility index (Phi) is 17.1. The molecular formula is C45H60O6. The first-order chi connectivity index (χ1) is 23.9. The summed E-state index contributed by atoms with van der Waals surface area (Å²) >= 11 is 0. The highest BCUT2D eigenvalue weighted by atomic mass is 16.5. The van der Waals surface area contributed by atoms with Crippen LogP contribution in [0, 0.1) is 10.8 Å². The maximum atomic E-state index is 12.1. The summed E-state index contributed by atoms with van der Waals surface area (Å²) in [4.78, 5) is 33.6. The number of carbonyl (C=O) groups is 3. The van der Waals surface area contributed by atoms with Crippen LogP contribution >= 0.6 is 0 Å². The first-order valence-electron chi connectivity index (χ1n) is 17.9. The van der Waals surface area contributed by atoms with Crippen LogP contribution in [0.3, 0.4) is 0 Å². The molecule has 6 heteroatoms. The van der Waals surface area contributed by atoms with Crippen molar-refractivity contribution >= 4 is 18.4 Å². The lowest BCUT2D eigenvalue weighted by molar-refractivity contribution is -0.153. The Bertz CT molecular complexity index is 1610. The third-order valence-corrected chi connectivity index (χ3v) is 9.30. The van der Waals surface area contributed by atoms with E-state index >= 15 is 0 Å². The Balaban J connectivity index is 1.91. The topological polar surface area (TPSA) is 89.9 Å². The molecule has 0 aromatic rings. The summed E-state index contributed by atoms with van der Waals surface area (Å²) in [5, 5.41) is 8.82. The molecule has 6 nitrogen and oxygen atoms in total. The molecule has 0 spiro atoms. The van der Waals surface area contributed by atoms with E-state index in [1.807, 2.05) is 12.2 Å². The number of ether oxygens (including phenoxy) is 2. The lowest BCUT2D eigenvalue weighted by Crippen LogP contribution is -2.32. The molecule has 51 heavy (non-hydrogen) atoms. The summed E-state index contributed by atoms with van der Waals surface area (Å²) in [7, 11) is 0. The highest BCUT2D eigenvalue weighted by Gasteiger charge is 2.35. The van der Waals surface area contributed by atoms with Crippen LogP contribution in [0.4, 0.5) is 0 Å². The molecular weight excluding hydrogens is 636 g/mol. The van der Waals surface area contributed by atoms with Gasteiger partial charge in [0.2, 0.25) is 0 Å². The standard InChI is InChI=1S/C45H60O6/c1-32(17-13-19-34(3)21-23-40-36(5)27-38(50-31-46)29-44(40,7)8)15-11-12-16-33(2)18-14-20-35(4)22-24-41-37(6)28-39(30-45(41,9)10)51-43(49)26-25-42(47)48/h11-24,31,38-39H,25-30H2,1-10H3,(H,47,48)/b12-11+,17-13+,18-14+,23-21+,24-22+,32-15+,33-16+,34-19+,35-20+. The van der Waals surface area contributed by atoms with Crippen molar-refractivity contribution in [2.45, 2.75) is 120 Å². The van der Waals surface area contributed by atoms with Gasteiger partial charge in [-0.3, -0.25) is 14.4 Å². The Hall–Kier alpha value is -4.45. The number of hydrogen-bond acceptors (Lipinski definition) is 5. The van der Waals surface area contributed by atoms with E-state index in [1.54, 1.807) is 0 Å². The van der Waals surface area contributed by atoms with Gasteiger partial charge in [0.05, 0.1) is 12.8 Å². The molecule has 2 aliphatic rings. The zero-order valence-electron chi connectivity index (χ0n) is 32.5. The Morgan fingerprint density at radius 2 is 1.08 bits per heavy atom. The molecule has 0 aromatic carbocycles. The van der Waals surface area contributed by atoms with Gasteiger partial charge in [0.25, 0.3) is 6.47 Å². The fourth-order valence-corrected chi connectivity index (χ4v) is 6.78. The second-order valence-corrected chi connectivity index (χ2v) is 15.2. The molecule has 0 radical (unpaired) electrons. The van der Waals surface area contributed by atoms with E-state index < -0.39 is 11.9 Å². The molecule has 1 N–H and O–H groups in total. The Labute approximate surface area is 307 Å². The largest absolute Gasteiger partial charge is 0.481 e. The quantitative estimate of drug-likeness (QED) is 0.0981. The fourth-order valence-electron chi connectivity index (χ4n) is 6.78. The average molecular weight is 697 g/mol. The van der Waals surface area contributed by atoms with Gasteiger partial charge in [0, 0.05) is 12.8 Å². The second kappa shape index (κ2) is 20.4. The molecule has 2 aliphatic carbocycles. The van der Waals surface area contributed by atoms with E-state index in [9.17, 15) is 14.4 Å². The molecule has 2 atom stereocenters. The summed E-state index contributed by atoms with van der Waals surface area (Å²) in [6.45, 7) is 21.8. The molecule has 2 rings (SSSR count). The van der Waals surface area contributed by atoms with E-state index in [2.05, 4.69) is 142 Å². The average Bonchev–Trinajstić information content (AvgIpc) is 3.00. The summed E-state index contributed by atoms with van der Waals surface area (Å²) in [6, 6.07) is 0. The predicted octanol–water partition coefficient (Wildman–Crippen LogP) is 11.1. The van der Waals surface area contributed by atoms with Crippen molar-refractivity contribution < 1.29 is 29.0 Å². The number of carboxylic acids is 1. The predicted molar refractivity (Wildman–Crippen MR) is 210 cm³/mol. The minimum absolute atomic E-state index is 0.0444. The number of aliphatic carboxylic acids is 1. The van der Waals surface area contributed by atoms with Gasteiger partial charge in [-0.25, -0.2) is 0 Å². The fraction of sp³-hybridized carbons (Fsp3) is 0.444. The number of hydrogen-bond donors (Lipinski definition) is 1. The van der Waals surface area contributed by atoms with E-state index in [0.717, 1.165) is 35.1 Å². The molecule has 0 heterocycles. The van der Waals surface area contributed by atoms with Gasteiger partial charge < -0.3 is 14.6 Å². The van der Waals surface area contributed by atoms with Crippen LogP contribution in [0.5, 0.6) is 0 Å². The molecule has 0 aromatic heterocycles. The minimum Gasteiger partial charge on any atom is -0.481 e. The molecule has 0 saturated heterocycles. The minimum atomic E-state index is -0.995. The smallest absolute Gasteiger partial charge is 0.306 e. The number of allylic oxidation sites excluding steroid dienone is 20. The van der Waals surface area contributed by atoms with Crippen LogP contribution in [0.15, 0.2) is 130 Å². The van der Waals surface area contributed by atoms with Crippen LogP contribution < -0.4 is 0 Å². The van der Waals surface area contributed by atoms with Gasteiger partial charge in [-0.1, -0.05) is 146 Å². The number of carbonyl (C=O) groups excluding carboxylic acids is 2. The van der Waals surface area contributed by atoms with Gasteiger partial charge >= 0.3 is 11.9 Å². The van der Waals surface area contributed by atoms with Crippen molar-refractivity contribution in [3.05, 3.63) is 130 Å². The first-order valence-corrected chi connectivity index (χ1v) is 17.9. The van der Waals surface area contributed by atoms with Crippen LogP contribution in [0.1, 0.15) is 108 Å².